The van der Waals surface area contributed by atoms with Crippen LogP contribution in [-0.4, -0.2) is 17.3 Å². The molecule has 0 atom stereocenters. The van der Waals surface area contributed by atoms with E-state index in [1.54, 1.807) is 0 Å². The van der Waals surface area contributed by atoms with E-state index in [0.29, 0.717) is 6.61 Å². The summed E-state index contributed by atoms with van der Waals surface area (Å²) in [4.78, 5) is 0. The zero-order valence-electron chi connectivity index (χ0n) is 9.78. The Morgan fingerprint density at radius 3 is 2.44 bits per heavy atom. The van der Waals surface area contributed by atoms with Gasteiger partial charge in [-0.05, 0) is 24.8 Å². The molecule has 0 amide bonds. The SMILES string of the molecule is OCCC1(NCc2ccccc2)CCCC1. The average Bonchev–Trinajstić information content (AvgIpc) is 2.78. The number of benzene rings is 1. The second-order valence-corrected chi connectivity index (χ2v) is 4.80. The van der Waals surface area contributed by atoms with Gasteiger partial charge in [-0.15, -0.1) is 0 Å². The van der Waals surface area contributed by atoms with Crippen molar-refractivity contribution >= 4 is 0 Å². The maximum atomic E-state index is 9.15. The minimum absolute atomic E-state index is 0.199. The molecule has 0 spiro atoms. The molecule has 1 fully saturated rings. The topological polar surface area (TPSA) is 32.3 Å². The van der Waals surface area contributed by atoms with Crippen LogP contribution in [0, 0.1) is 0 Å². The van der Waals surface area contributed by atoms with Crippen LogP contribution in [0.5, 0.6) is 0 Å². The molecule has 1 aliphatic rings. The van der Waals surface area contributed by atoms with Gasteiger partial charge in [0.15, 0.2) is 0 Å². The molecule has 0 radical (unpaired) electrons. The van der Waals surface area contributed by atoms with Gasteiger partial charge in [0.2, 0.25) is 0 Å². The Kier molecular flexibility index (Phi) is 3.97. The molecule has 1 aliphatic carbocycles. The minimum Gasteiger partial charge on any atom is -0.396 e. The third-order valence-electron chi connectivity index (χ3n) is 3.66. The van der Waals surface area contributed by atoms with Crippen LogP contribution in [0.1, 0.15) is 37.7 Å². The summed E-state index contributed by atoms with van der Waals surface area (Å²) in [6.07, 6.45) is 5.89. The highest BCUT2D eigenvalue weighted by Crippen LogP contribution is 2.32. The highest BCUT2D eigenvalue weighted by Gasteiger charge is 2.32. The molecule has 2 heteroatoms. The van der Waals surface area contributed by atoms with Crippen molar-refractivity contribution in [2.75, 3.05) is 6.61 Å². The molecule has 0 unspecified atom stereocenters. The van der Waals surface area contributed by atoms with Gasteiger partial charge >= 0.3 is 0 Å². The molecule has 0 aliphatic heterocycles. The van der Waals surface area contributed by atoms with Gasteiger partial charge in [0.05, 0.1) is 0 Å². The summed E-state index contributed by atoms with van der Waals surface area (Å²) in [6, 6.07) is 10.5. The summed E-state index contributed by atoms with van der Waals surface area (Å²) in [5.74, 6) is 0. The molecular weight excluding hydrogens is 198 g/mol. The first kappa shape index (κ1) is 11.6. The van der Waals surface area contributed by atoms with Crippen LogP contribution in [0.3, 0.4) is 0 Å². The van der Waals surface area contributed by atoms with Crippen molar-refractivity contribution in [1.29, 1.82) is 0 Å². The van der Waals surface area contributed by atoms with Gasteiger partial charge in [0.1, 0.15) is 0 Å². The smallest absolute Gasteiger partial charge is 0.0448 e. The zero-order valence-corrected chi connectivity index (χ0v) is 9.78. The summed E-state index contributed by atoms with van der Waals surface area (Å²) in [6.45, 7) is 1.21. The van der Waals surface area contributed by atoms with Crippen LogP contribution in [0.2, 0.25) is 0 Å². The van der Waals surface area contributed by atoms with E-state index in [0.717, 1.165) is 13.0 Å². The van der Waals surface area contributed by atoms with E-state index >= 15 is 0 Å². The lowest BCUT2D eigenvalue weighted by molar-refractivity contribution is 0.209. The summed E-state index contributed by atoms with van der Waals surface area (Å²) in [7, 11) is 0. The average molecular weight is 219 g/mol. The molecule has 1 aromatic rings. The van der Waals surface area contributed by atoms with Crippen LogP contribution >= 0.6 is 0 Å². The number of aliphatic hydroxyl groups is 1. The highest BCUT2D eigenvalue weighted by molar-refractivity contribution is 5.15. The quantitative estimate of drug-likeness (QED) is 0.797. The van der Waals surface area contributed by atoms with Crippen molar-refractivity contribution in [3.8, 4) is 0 Å². The lowest BCUT2D eigenvalue weighted by Gasteiger charge is -2.30. The number of hydrogen-bond donors (Lipinski definition) is 2. The molecule has 0 saturated heterocycles. The predicted molar refractivity (Wildman–Crippen MR) is 66.2 cm³/mol. The third kappa shape index (κ3) is 2.83. The maximum absolute atomic E-state index is 9.15. The van der Waals surface area contributed by atoms with Crippen LogP contribution in [0.25, 0.3) is 0 Å². The van der Waals surface area contributed by atoms with Crippen molar-refractivity contribution in [2.24, 2.45) is 0 Å². The van der Waals surface area contributed by atoms with E-state index in [9.17, 15) is 0 Å². The molecule has 2 rings (SSSR count). The van der Waals surface area contributed by atoms with E-state index in [4.69, 9.17) is 5.11 Å². The molecule has 0 heterocycles. The predicted octanol–water partition coefficient (Wildman–Crippen LogP) is 2.47. The molecule has 16 heavy (non-hydrogen) atoms. The Hall–Kier alpha value is -0.860. The lowest BCUT2D eigenvalue weighted by atomic mass is 9.93. The molecule has 1 saturated carbocycles. The first-order valence-electron chi connectivity index (χ1n) is 6.24. The Morgan fingerprint density at radius 1 is 1.12 bits per heavy atom. The molecule has 2 N–H and O–H groups in total. The second-order valence-electron chi connectivity index (χ2n) is 4.80. The van der Waals surface area contributed by atoms with Crippen molar-refractivity contribution in [3.05, 3.63) is 35.9 Å². The molecule has 0 aromatic heterocycles. The fourth-order valence-electron chi connectivity index (χ4n) is 2.67. The fraction of sp³-hybridized carbons (Fsp3) is 0.571. The molecular formula is C14H21NO. The van der Waals surface area contributed by atoms with E-state index in [1.165, 1.54) is 31.2 Å². The van der Waals surface area contributed by atoms with Crippen LogP contribution < -0.4 is 5.32 Å². The number of rotatable bonds is 5. The van der Waals surface area contributed by atoms with Gasteiger partial charge in [-0.1, -0.05) is 43.2 Å². The Balaban J connectivity index is 1.92. The normalized spacial score (nSPS) is 18.8. The van der Waals surface area contributed by atoms with Gasteiger partial charge < -0.3 is 10.4 Å². The standard InChI is InChI=1S/C14H21NO/c16-11-10-14(8-4-5-9-14)15-12-13-6-2-1-3-7-13/h1-3,6-7,15-16H,4-5,8-12H2. The van der Waals surface area contributed by atoms with Gasteiger partial charge in [0, 0.05) is 18.7 Å². The fourth-order valence-corrected chi connectivity index (χ4v) is 2.67. The van der Waals surface area contributed by atoms with E-state index in [1.807, 2.05) is 6.07 Å². The van der Waals surface area contributed by atoms with Crippen LogP contribution in [-0.2, 0) is 6.54 Å². The van der Waals surface area contributed by atoms with Crippen LogP contribution in [0.15, 0.2) is 30.3 Å². The number of hydrogen-bond acceptors (Lipinski definition) is 2. The van der Waals surface area contributed by atoms with E-state index < -0.39 is 0 Å². The van der Waals surface area contributed by atoms with Crippen molar-refractivity contribution < 1.29 is 5.11 Å². The Bertz CT molecular complexity index is 304. The van der Waals surface area contributed by atoms with Gasteiger partial charge in [-0.25, -0.2) is 0 Å². The zero-order chi connectivity index (χ0) is 11.3. The van der Waals surface area contributed by atoms with E-state index in [-0.39, 0.29) is 5.54 Å². The van der Waals surface area contributed by atoms with Crippen LogP contribution in [0.4, 0.5) is 0 Å². The summed E-state index contributed by atoms with van der Waals surface area (Å²) in [5, 5.41) is 12.8. The minimum atomic E-state index is 0.199. The van der Waals surface area contributed by atoms with Gasteiger partial charge in [-0.2, -0.15) is 0 Å². The maximum Gasteiger partial charge on any atom is 0.0448 e. The number of nitrogens with one attached hydrogen (secondary N) is 1. The second kappa shape index (κ2) is 5.46. The number of aliphatic hydroxyl groups excluding tert-OH is 1. The first-order chi connectivity index (χ1) is 7.85. The Morgan fingerprint density at radius 2 is 1.81 bits per heavy atom. The molecule has 1 aromatic carbocycles. The molecule has 0 bridgehead atoms. The summed E-state index contributed by atoms with van der Waals surface area (Å²) in [5.41, 5.74) is 1.52. The summed E-state index contributed by atoms with van der Waals surface area (Å²) < 4.78 is 0. The van der Waals surface area contributed by atoms with Gasteiger partial charge in [-0.3, -0.25) is 0 Å². The third-order valence-corrected chi connectivity index (χ3v) is 3.66. The lowest BCUT2D eigenvalue weighted by Crippen LogP contribution is -2.42. The largest absolute Gasteiger partial charge is 0.396 e. The molecule has 88 valence electrons. The molecule has 2 nitrogen and oxygen atoms in total. The van der Waals surface area contributed by atoms with Crippen molar-refractivity contribution in [2.45, 2.75) is 44.2 Å². The highest BCUT2D eigenvalue weighted by atomic mass is 16.3. The monoisotopic (exact) mass is 219 g/mol. The summed E-state index contributed by atoms with van der Waals surface area (Å²) >= 11 is 0. The first-order valence-corrected chi connectivity index (χ1v) is 6.24. The van der Waals surface area contributed by atoms with Gasteiger partial charge in [0.25, 0.3) is 0 Å². The van der Waals surface area contributed by atoms with Crippen molar-refractivity contribution in [3.63, 3.8) is 0 Å². The van der Waals surface area contributed by atoms with E-state index in [2.05, 4.69) is 29.6 Å². The Labute approximate surface area is 97.7 Å². The van der Waals surface area contributed by atoms with Crippen molar-refractivity contribution in [1.82, 2.24) is 5.32 Å².